The minimum absolute atomic E-state index is 0.153. The number of carbonyl (C=O) groups excluding carboxylic acids is 1. The Morgan fingerprint density at radius 1 is 1.29 bits per heavy atom. The summed E-state index contributed by atoms with van der Waals surface area (Å²) in [6, 6.07) is 3.48. The van der Waals surface area contributed by atoms with Crippen molar-refractivity contribution in [3.8, 4) is 11.5 Å². The summed E-state index contributed by atoms with van der Waals surface area (Å²) in [5.74, 6) is 0.274. The van der Waals surface area contributed by atoms with Crippen LogP contribution in [0.15, 0.2) is 18.2 Å². The molecular formula is C14H18N2O5. The summed E-state index contributed by atoms with van der Waals surface area (Å²) in [5, 5.41) is 14.1. The number of aliphatic carboxylic acids is 1. The Labute approximate surface area is 122 Å². The number of carbonyl (C=O) groups is 2. The molecule has 114 valence electrons. The zero-order valence-electron chi connectivity index (χ0n) is 11.9. The molecule has 0 aliphatic carbocycles. The third-order valence-corrected chi connectivity index (χ3v) is 2.94. The van der Waals surface area contributed by atoms with E-state index < -0.39 is 18.0 Å². The number of benzene rings is 1. The highest BCUT2D eigenvalue weighted by molar-refractivity contribution is 5.92. The molecule has 1 heterocycles. The average molecular weight is 294 g/mol. The largest absolute Gasteiger partial charge is 0.480 e. The van der Waals surface area contributed by atoms with E-state index in [1.807, 2.05) is 13.8 Å². The smallest absolute Gasteiger partial charge is 0.326 e. The van der Waals surface area contributed by atoms with Crippen LogP contribution in [0.5, 0.6) is 11.5 Å². The first-order valence-electron chi connectivity index (χ1n) is 6.65. The molecule has 0 radical (unpaired) electrons. The number of ether oxygens (including phenoxy) is 2. The van der Waals surface area contributed by atoms with E-state index in [1.54, 1.807) is 18.2 Å². The third-order valence-electron chi connectivity index (χ3n) is 2.94. The Morgan fingerprint density at radius 3 is 2.67 bits per heavy atom. The van der Waals surface area contributed by atoms with Crippen molar-refractivity contribution < 1.29 is 24.2 Å². The van der Waals surface area contributed by atoms with Crippen LogP contribution in [0.2, 0.25) is 0 Å². The number of fused-ring (bicyclic) bond motifs is 1. The lowest BCUT2D eigenvalue weighted by molar-refractivity contribution is -0.139. The van der Waals surface area contributed by atoms with Gasteiger partial charge in [0.15, 0.2) is 11.5 Å². The molecule has 2 amide bonds. The second-order valence-electron chi connectivity index (χ2n) is 5.19. The topological polar surface area (TPSA) is 96.9 Å². The standard InChI is InChI=1S/C14H18N2O5/c1-8(2)5-10(13(17)18)16-14(19)15-9-3-4-11-12(6-9)21-7-20-11/h3-4,6,8,10H,5,7H2,1-2H3,(H,17,18)(H2,15,16,19)/t10-/m1/s1. The third kappa shape index (κ3) is 4.01. The second kappa shape index (κ2) is 6.34. The zero-order chi connectivity index (χ0) is 15.4. The van der Waals surface area contributed by atoms with Crippen molar-refractivity contribution in [1.82, 2.24) is 5.32 Å². The molecule has 1 aromatic rings. The highest BCUT2D eigenvalue weighted by atomic mass is 16.7. The van der Waals surface area contributed by atoms with Gasteiger partial charge in [-0.05, 0) is 24.5 Å². The molecule has 1 aromatic carbocycles. The number of hydrogen-bond acceptors (Lipinski definition) is 4. The highest BCUT2D eigenvalue weighted by Crippen LogP contribution is 2.34. The van der Waals surface area contributed by atoms with Crippen molar-refractivity contribution in [3.05, 3.63) is 18.2 Å². The maximum atomic E-state index is 11.9. The number of carboxylic acids is 1. The van der Waals surface area contributed by atoms with Crippen LogP contribution in [0.3, 0.4) is 0 Å². The van der Waals surface area contributed by atoms with Crippen molar-refractivity contribution in [2.75, 3.05) is 12.1 Å². The Balaban J connectivity index is 1.96. The maximum Gasteiger partial charge on any atom is 0.326 e. The van der Waals surface area contributed by atoms with Gasteiger partial charge in [0.05, 0.1) is 0 Å². The first-order chi connectivity index (χ1) is 9.95. The van der Waals surface area contributed by atoms with Gasteiger partial charge in [-0.15, -0.1) is 0 Å². The summed E-state index contributed by atoms with van der Waals surface area (Å²) < 4.78 is 10.4. The fourth-order valence-electron chi connectivity index (χ4n) is 1.99. The SMILES string of the molecule is CC(C)C[C@@H](NC(=O)Nc1ccc2c(c1)OCO2)C(=O)O. The van der Waals surface area contributed by atoms with E-state index in [9.17, 15) is 9.59 Å². The molecular weight excluding hydrogens is 276 g/mol. The Kier molecular flexibility index (Phi) is 4.52. The summed E-state index contributed by atoms with van der Waals surface area (Å²) in [6.45, 7) is 3.95. The lowest BCUT2D eigenvalue weighted by Crippen LogP contribution is -2.43. The van der Waals surface area contributed by atoms with Gasteiger partial charge in [-0.3, -0.25) is 0 Å². The van der Waals surface area contributed by atoms with Gasteiger partial charge in [0.1, 0.15) is 6.04 Å². The average Bonchev–Trinajstić information content (AvgIpc) is 2.84. The first-order valence-corrected chi connectivity index (χ1v) is 6.65. The number of urea groups is 1. The minimum atomic E-state index is -1.05. The number of rotatable bonds is 5. The lowest BCUT2D eigenvalue weighted by Gasteiger charge is -2.17. The summed E-state index contributed by atoms with van der Waals surface area (Å²) >= 11 is 0. The van der Waals surface area contributed by atoms with Crippen LogP contribution in [0.1, 0.15) is 20.3 Å². The van der Waals surface area contributed by atoms with E-state index in [0.717, 1.165) is 0 Å². The number of anilines is 1. The highest BCUT2D eigenvalue weighted by Gasteiger charge is 2.21. The van der Waals surface area contributed by atoms with Gasteiger partial charge in [-0.2, -0.15) is 0 Å². The monoisotopic (exact) mass is 294 g/mol. The molecule has 2 rings (SSSR count). The Morgan fingerprint density at radius 2 is 2.00 bits per heavy atom. The van der Waals surface area contributed by atoms with E-state index >= 15 is 0 Å². The fourth-order valence-corrected chi connectivity index (χ4v) is 1.99. The molecule has 0 saturated carbocycles. The van der Waals surface area contributed by atoms with Crippen molar-refractivity contribution in [1.29, 1.82) is 0 Å². The van der Waals surface area contributed by atoms with E-state index in [4.69, 9.17) is 14.6 Å². The molecule has 0 saturated heterocycles. The molecule has 21 heavy (non-hydrogen) atoms. The molecule has 0 fully saturated rings. The van der Waals surface area contributed by atoms with Crippen LogP contribution in [-0.2, 0) is 4.79 Å². The second-order valence-corrected chi connectivity index (χ2v) is 5.19. The van der Waals surface area contributed by atoms with Gasteiger partial charge in [-0.1, -0.05) is 13.8 Å². The molecule has 7 nitrogen and oxygen atoms in total. The van der Waals surface area contributed by atoms with Gasteiger partial charge >= 0.3 is 12.0 Å². The van der Waals surface area contributed by atoms with Crippen LogP contribution in [0, 0.1) is 5.92 Å². The molecule has 1 aliphatic heterocycles. The number of hydrogen-bond donors (Lipinski definition) is 3. The molecule has 0 spiro atoms. The Bertz CT molecular complexity index is 544. The molecule has 1 atom stereocenters. The number of nitrogens with one attached hydrogen (secondary N) is 2. The number of carboxylic acid groups (broad SMARTS) is 1. The molecule has 0 aromatic heterocycles. The zero-order valence-corrected chi connectivity index (χ0v) is 11.9. The van der Waals surface area contributed by atoms with Crippen LogP contribution >= 0.6 is 0 Å². The summed E-state index contributed by atoms with van der Waals surface area (Å²) in [5.41, 5.74) is 0.505. The molecule has 0 bridgehead atoms. The predicted octanol–water partition coefficient (Wildman–Crippen LogP) is 2.04. The number of amides is 2. The van der Waals surface area contributed by atoms with Gasteiger partial charge < -0.3 is 25.2 Å². The van der Waals surface area contributed by atoms with Crippen molar-refractivity contribution in [2.45, 2.75) is 26.3 Å². The van der Waals surface area contributed by atoms with Gasteiger partial charge in [-0.25, -0.2) is 9.59 Å². The molecule has 0 unspecified atom stereocenters. The maximum absolute atomic E-state index is 11.9. The van der Waals surface area contributed by atoms with Gasteiger partial charge in [0.2, 0.25) is 6.79 Å². The van der Waals surface area contributed by atoms with Crippen LogP contribution in [0.25, 0.3) is 0 Å². The summed E-state index contributed by atoms with van der Waals surface area (Å²) in [6.07, 6.45) is 0.365. The predicted molar refractivity (Wildman–Crippen MR) is 75.6 cm³/mol. The summed E-state index contributed by atoms with van der Waals surface area (Å²) in [4.78, 5) is 22.9. The van der Waals surface area contributed by atoms with E-state index in [1.165, 1.54) is 0 Å². The summed E-state index contributed by atoms with van der Waals surface area (Å²) in [7, 11) is 0. The van der Waals surface area contributed by atoms with Crippen molar-refractivity contribution in [3.63, 3.8) is 0 Å². The van der Waals surface area contributed by atoms with Crippen LogP contribution < -0.4 is 20.1 Å². The lowest BCUT2D eigenvalue weighted by atomic mass is 10.0. The van der Waals surface area contributed by atoms with Crippen molar-refractivity contribution in [2.24, 2.45) is 5.92 Å². The van der Waals surface area contributed by atoms with Gasteiger partial charge in [0.25, 0.3) is 0 Å². The van der Waals surface area contributed by atoms with Crippen LogP contribution in [-0.4, -0.2) is 29.9 Å². The molecule has 7 heteroatoms. The molecule has 1 aliphatic rings. The van der Waals surface area contributed by atoms with E-state index in [0.29, 0.717) is 23.6 Å². The van der Waals surface area contributed by atoms with E-state index in [2.05, 4.69) is 10.6 Å². The first kappa shape index (κ1) is 15.0. The Hall–Kier alpha value is -2.44. The minimum Gasteiger partial charge on any atom is -0.480 e. The molecule has 3 N–H and O–H groups in total. The van der Waals surface area contributed by atoms with Crippen molar-refractivity contribution >= 4 is 17.7 Å². The van der Waals surface area contributed by atoms with Crippen LogP contribution in [0.4, 0.5) is 10.5 Å². The quantitative estimate of drug-likeness (QED) is 0.772. The van der Waals surface area contributed by atoms with E-state index in [-0.39, 0.29) is 12.7 Å². The fraction of sp³-hybridized carbons (Fsp3) is 0.429. The van der Waals surface area contributed by atoms with Gasteiger partial charge in [0, 0.05) is 11.8 Å². The normalized spacial score (nSPS) is 13.9.